The molecule has 1 rings (SSSR count). The summed E-state index contributed by atoms with van der Waals surface area (Å²) in [5.41, 5.74) is 0. The van der Waals surface area contributed by atoms with Crippen molar-refractivity contribution in [2.24, 2.45) is 5.92 Å². The second kappa shape index (κ2) is 6.71. The van der Waals surface area contributed by atoms with Crippen molar-refractivity contribution < 1.29 is 14.0 Å². The lowest BCUT2D eigenvalue weighted by Crippen LogP contribution is -2.47. The van der Waals surface area contributed by atoms with Crippen molar-refractivity contribution in [2.75, 3.05) is 13.2 Å². The first kappa shape index (κ1) is 14.9. The van der Waals surface area contributed by atoms with Crippen LogP contribution in [-0.4, -0.2) is 42.0 Å². The van der Waals surface area contributed by atoms with Gasteiger partial charge in [-0.25, -0.2) is 0 Å². The van der Waals surface area contributed by atoms with E-state index in [1.54, 1.807) is 4.90 Å². The highest BCUT2D eigenvalue weighted by atomic mass is 19.1. The van der Waals surface area contributed by atoms with Crippen LogP contribution in [0.15, 0.2) is 0 Å². The van der Waals surface area contributed by atoms with Crippen molar-refractivity contribution in [3.63, 3.8) is 0 Å². The molecule has 1 aliphatic heterocycles. The first-order valence-corrected chi connectivity index (χ1v) is 6.61. The van der Waals surface area contributed by atoms with Crippen molar-refractivity contribution >= 4 is 11.8 Å². The first-order valence-electron chi connectivity index (χ1n) is 6.61. The summed E-state index contributed by atoms with van der Waals surface area (Å²) in [5.74, 6) is 0.162. The monoisotopic (exact) mass is 258 g/mol. The SMILES string of the molecule is CC(C)CC1NC(=O)CC(C)N(CCCF)C1=O. The van der Waals surface area contributed by atoms with Crippen molar-refractivity contribution in [3.05, 3.63) is 0 Å². The Bertz CT molecular complexity index is 307. The van der Waals surface area contributed by atoms with Crippen LogP contribution >= 0.6 is 0 Å². The van der Waals surface area contributed by atoms with Crippen LogP contribution in [0.1, 0.15) is 40.0 Å². The molecule has 0 saturated carbocycles. The topological polar surface area (TPSA) is 49.4 Å². The Morgan fingerprint density at radius 2 is 2.11 bits per heavy atom. The van der Waals surface area contributed by atoms with Gasteiger partial charge in [0.05, 0.1) is 6.67 Å². The molecule has 104 valence electrons. The van der Waals surface area contributed by atoms with E-state index in [0.717, 1.165) is 0 Å². The second-order valence-electron chi connectivity index (χ2n) is 5.38. The van der Waals surface area contributed by atoms with Gasteiger partial charge in [0.2, 0.25) is 11.8 Å². The fourth-order valence-corrected chi connectivity index (χ4v) is 2.30. The van der Waals surface area contributed by atoms with Gasteiger partial charge in [-0.3, -0.25) is 14.0 Å². The number of amides is 2. The third-order valence-electron chi connectivity index (χ3n) is 3.17. The molecule has 4 nitrogen and oxygen atoms in total. The molecular weight excluding hydrogens is 235 g/mol. The highest BCUT2D eigenvalue weighted by Crippen LogP contribution is 2.16. The molecular formula is C13H23FN2O2. The summed E-state index contributed by atoms with van der Waals surface area (Å²) in [6, 6.07) is -0.608. The number of nitrogens with zero attached hydrogens (tertiary/aromatic N) is 1. The van der Waals surface area contributed by atoms with Crippen LogP contribution in [0.3, 0.4) is 0 Å². The smallest absolute Gasteiger partial charge is 0.245 e. The van der Waals surface area contributed by atoms with Crippen LogP contribution in [-0.2, 0) is 9.59 Å². The summed E-state index contributed by atoms with van der Waals surface area (Å²) in [4.78, 5) is 25.7. The van der Waals surface area contributed by atoms with Gasteiger partial charge in [0.1, 0.15) is 6.04 Å². The predicted molar refractivity (Wildman–Crippen MR) is 67.8 cm³/mol. The Kier molecular flexibility index (Phi) is 5.56. The lowest BCUT2D eigenvalue weighted by Gasteiger charge is -2.28. The van der Waals surface area contributed by atoms with Crippen molar-refractivity contribution in [3.8, 4) is 0 Å². The molecule has 0 radical (unpaired) electrons. The van der Waals surface area contributed by atoms with Gasteiger partial charge in [0.15, 0.2) is 0 Å². The molecule has 2 unspecified atom stereocenters. The molecule has 2 atom stereocenters. The van der Waals surface area contributed by atoms with E-state index in [4.69, 9.17) is 0 Å². The lowest BCUT2D eigenvalue weighted by atomic mass is 10.0. The Morgan fingerprint density at radius 3 is 2.67 bits per heavy atom. The summed E-state index contributed by atoms with van der Waals surface area (Å²) in [7, 11) is 0. The molecule has 0 aromatic carbocycles. The highest BCUT2D eigenvalue weighted by Gasteiger charge is 2.33. The molecule has 1 N–H and O–H groups in total. The average Bonchev–Trinajstić information content (AvgIpc) is 2.35. The molecule has 0 bridgehead atoms. The number of nitrogens with one attached hydrogen (secondary N) is 1. The van der Waals surface area contributed by atoms with Gasteiger partial charge in [-0.15, -0.1) is 0 Å². The maximum atomic E-state index is 12.3. The van der Waals surface area contributed by atoms with Crippen molar-refractivity contribution in [2.45, 2.75) is 52.1 Å². The molecule has 0 aromatic rings. The Labute approximate surface area is 108 Å². The molecule has 1 heterocycles. The maximum Gasteiger partial charge on any atom is 0.245 e. The molecule has 18 heavy (non-hydrogen) atoms. The molecule has 2 amide bonds. The zero-order valence-corrected chi connectivity index (χ0v) is 11.4. The fraction of sp³-hybridized carbons (Fsp3) is 0.846. The number of alkyl halides is 1. The van der Waals surface area contributed by atoms with Gasteiger partial charge < -0.3 is 10.2 Å². The lowest BCUT2D eigenvalue weighted by molar-refractivity contribution is -0.135. The summed E-state index contributed by atoms with van der Waals surface area (Å²) < 4.78 is 12.3. The maximum absolute atomic E-state index is 12.3. The molecule has 1 aliphatic rings. The molecule has 0 aromatic heterocycles. The van der Waals surface area contributed by atoms with E-state index in [1.165, 1.54) is 0 Å². The fourth-order valence-electron chi connectivity index (χ4n) is 2.30. The molecule has 0 spiro atoms. The number of hydrogen-bond acceptors (Lipinski definition) is 2. The minimum atomic E-state index is -0.456. The van der Waals surface area contributed by atoms with E-state index < -0.39 is 12.7 Å². The summed E-state index contributed by atoms with van der Waals surface area (Å²) in [6.07, 6.45) is 1.26. The number of rotatable bonds is 5. The van der Waals surface area contributed by atoms with Gasteiger partial charge in [-0.05, 0) is 25.7 Å². The van der Waals surface area contributed by atoms with Crippen LogP contribution in [0.4, 0.5) is 4.39 Å². The van der Waals surface area contributed by atoms with Crippen LogP contribution in [0.2, 0.25) is 0 Å². The Hall–Kier alpha value is -1.13. The highest BCUT2D eigenvalue weighted by molar-refractivity contribution is 5.90. The number of halogens is 1. The van der Waals surface area contributed by atoms with Crippen LogP contribution in [0.25, 0.3) is 0 Å². The number of hydrogen-bond donors (Lipinski definition) is 1. The van der Waals surface area contributed by atoms with Gasteiger partial charge in [-0.2, -0.15) is 0 Å². The summed E-state index contributed by atoms with van der Waals surface area (Å²) in [5, 5.41) is 2.77. The molecule has 1 saturated heterocycles. The van der Waals surface area contributed by atoms with Gasteiger partial charge in [-0.1, -0.05) is 13.8 Å². The third-order valence-corrected chi connectivity index (χ3v) is 3.17. The standard InChI is InChI=1S/C13H23FN2O2/c1-9(2)7-11-13(18)16(6-4-5-14)10(3)8-12(17)15-11/h9-11H,4-8H2,1-3H3,(H,15,17). The largest absolute Gasteiger partial charge is 0.344 e. The Morgan fingerprint density at radius 1 is 1.44 bits per heavy atom. The molecule has 0 aliphatic carbocycles. The quantitative estimate of drug-likeness (QED) is 0.812. The van der Waals surface area contributed by atoms with Gasteiger partial charge in [0.25, 0.3) is 0 Å². The molecule has 1 fully saturated rings. The van der Waals surface area contributed by atoms with Crippen molar-refractivity contribution in [1.82, 2.24) is 10.2 Å². The van der Waals surface area contributed by atoms with Gasteiger partial charge in [0, 0.05) is 19.0 Å². The van der Waals surface area contributed by atoms with E-state index in [0.29, 0.717) is 31.7 Å². The van der Waals surface area contributed by atoms with Gasteiger partial charge >= 0.3 is 0 Å². The Balaban J connectivity index is 2.80. The van der Waals surface area contributed by atoms with E-state index in [9.17, 15) is 14.0 Å². The average molecular weight is 258 g/mol. The van der Waals surface area contributed by atoms with E-state index in [1.807, 2.05) is 20.8 Å². The third kappa shape index (κ3) is 3.96. The van der Waals surface area contributed by atoms with E-state index in [2.05, 4.69) is 5.32 Å². The number of carbonyl (C=O) groups is 2. The van der Waals surface area contributed by atoms with E-state index in [-0.39, 0.29) is 17.9 Å². The first-order chi connectivity index (χ1) is 8.45. The minimum absolute atomic E-state index is 0.0736. The van der Waals surface area contributed by atoms with Crippen molar-refractivity contribution in [1.29, 1.82) is 0 Å². The van der Waals surface area contributed by atoms with Crippen LogP contribution in [0, 0.1) is 5.92 Å². The minimum Gasteiger partial charge on any atom is -0.344 e. The second-order valence-corrected chi connectivity index (χ2v) is 5.38. The predicted octanol–water partition coefficient (Wildman–Crippen LogP) is 1.50. The van der Waals surface area contributed by atoms with E-state index >= 15 is 0 Å². The zero-order chi connectivity index (χ0) is 13.7. The molecule has 5 heteroatoms. The van der Waals surface area contributed by atoms with Crippen LogP contribution < -0.4 is 5.32 Å². The zero-order valence-electron chi connectivity index (χ0n) is 11.4. The normalized spacial score (nSPS) is 25.3. The number of carbonyl (C=O) groups excluding carboxylic acids is 2. The van der Waals surface area contributed by atoms with Crippen LogP contribution in [0.5, 0.6) is 0 Å². The summed E-state index contributed by atoms with van der Waals surface area (Å²) in [6.45, 7) is 5.82. The summed E-state index contributed by atoms with van der Waals surface area (Å²) >= 11 is 0.